The Hall–Kier alpha value is -4.52. The molecule has 39 heavy (non-hydrogen) atoms. The van der Waals surface area contributed by atoms with Crippen molar-refractivity contribution in [3.63, 3.8) is 0 Å². The number of carbonyl (C=O) groups is 1. The van der Waals surface area contributed by atoms with E-state index < -0.39 is 5.91 Å². The van der Waals surface area contributed by atoms with E-state index in [0.29, 0.717) is 24.5 Å². The smallest absolute Gasteiger partial charge is 0.251 e. The van der Waals surface area contributed by atoms with E-state index in [1.54, 1.807) is 24.3 Å². The van der Waals surface area contributed by atoms with Gasteiger partial charge in [-0.15, -0.1) is 0 Å². The van der Waals surface area contributed by atoms with Crippen LogP contribution in [0.5, 0.6) is 5.75 Å². The number of likely N-dealkylation sites (tertiary alicyclic amines) is 1. The topological polar surface area (TPSA) is 154 Å². The quantitative estimate of drug-likeness (QED) is 0.263. The van der Waals surface area contributed by atoms with Gasteiger partial charge in [-0.2, -0.15) is 10.2 Å². The van der Waals surface area contributed by atoms with Crippen LogP contribution >= 0.6 is 0 Å². The van der Waals surface area contributed by atoms with Crippen LogP contribution < -0.4 is 21.1 Å². The van der Waals surface area contributed by atoms with Crippen LogP contribution in [-0.2, 0) is 13.6 Å². The summed E-state index contributed by atoms with van der Waals surface area (Å²) in [5, 5.41) is 15.6. The van der Waals surface area contributed by atoms with Crippen LogP contribution in [0.25, 0.3) is 11.4 Å². The van der Waals surface area contributed by atoms with Crippen LogP contribution in [0.1, 0.15) is 36.0 Å². The number of anilines is 3. The second-order valence-corrected chi connectivity index (χ2v) is 9.49. The van der Waals surface area contributed by atoms with Crippen molar-refractivity contribution in [2.24, 2.45) is 12.8 Å². The third-order valence-corrected chi connectivity index (χ3v) is 6.80. The second-order valence-electron chi connectivity index (χ2n) is 9.49. The molecule has 0 saturated carbocycles. The van der Waals surface area contributed by atoms with Crippen molar-refractivity contribution in [3.8, 4) is 17.1 Å². The van der Waals surface area contributed by atoms with Gasteiger partial charge in [0.05, 0.1) is 42.5 Å². The summed E-state index contributed by atoms with van der Waals surface area (Å²) in [6.07, 6.45) is 12.7. The summed E-state index contributed by atoms with van der Waals surface area (Å²) >= 11 is 0. The monoisotopic (exact) mass is 531 g/mol. The number of carbonyl (C=O) groups excluding carboxylic acids is 1. The number of ether oxygens (including phenoxy) is 1. The number of nitrogens with zero attached hydrogens (tertiary/aromatic N) is 8. The summed E-state index contributed by atoms with van der Waals surface area (Å²) in [6, 6.07) is 6.42. The first-order valence-corrected chi connectivity index (χ1v) is 12.9. The molecule has 204 valence electrons. The van der Waals surface area contributed by atoms with Crippen LogP contribution in [0.3, 0.4) is 0 Å². The standard InChI is InChI=1S/C26H33N11O2/c1-35-16-31-25(34-35)21-7-5-8-22(23(21)39-2)30-17-36-10-4-3-6-20(36)9-11-37-15-19(14-32-37)33-26-28-12-18(13-29-26)24(27)38/h5,7-8,12-16,20,30H,3-4,6,9-11,17H2,1-2H3,(H2,27,38)(H,28,29,33). The van der Waals surface area contributed by atoms with Gasteiger partial charge in [-0.05, 0) is 31.4 Å². The molecule has 0 spiro atoms. The summed E-state index contributed by atoms with van der Waals surface area (Å²) in [4.78, 5) is 26.3. The highest BCUT2D eigenvalue weighted by atomic mass is 16.5. The molecule has 3 aromatic heterocycles. The fourth-order valence-electron chi connectivity index (χ4n) is 4.80. The number of para-hydroxylation sites is 1. The number of aromatic nitrogens is 7. The molecule has 1 fully saturated rings. The Labute approximate surface area is 226 Å². The number of nitrogens with two attached hydrogens (primary N) is 1. The average molecular weight is 532 g/mol. The number of primary amides is 1. The molecule has 1 aliphatic rings. The summed E-state index contributed by atoms with van der Waals surface area (Å²) in [6.45, 7) is 2.53. The van der Waals surface area contributed by atoms with Crippen LogP contribution in [0.15, 0.2) is 49.3 Å². The van der Waals surface area contributed by atoms with Crippen LogP contribution in [0, 0.1) is 0 Å². The van der Waals surface area contributed by atoms with Gasteiger partial charge in [-0.3, -0.25) is 19.1 Å². The minimum atomic E-state index is -0.559. The van der Waals surface area contributed by atoms with Crippen molar-refractivity contribution >= 4 is 23.2 Å². The molecule has 0 radical (unpaired) electrons. The SMILES string of the molecule is COc1c(NCN2CCCCC2CCn2cc(Nc3ncc(C(N)=O)cn3)cn2)cccc1-c1ncn(C)n1. The minimum Gasteiger partial charge on any atom is -0.494 e. The molecule has 4 N–H and O–H groups in total. The van der Waals surface area contributed by atoms with Crippen molar-refractivity contribution in [3.05, 3.63) is 54.9 Å². The fourth-order valence-corrected chi connectivity index (χ4v) is 4.80. The number of methoxy groups -OCH3 is 1. The van der Waals surface area contributed by atoms with Crippen molar-refractivity contribution in [1.29, 1.82) is 0 Å². The van der Waals surface area contributed by atoms with Crippen LogP contribution in [0.2, 0.25) is 0 Å². The summed E-state index contributed by atoms with van der Waals surface area (Å²) < 4.78 is 9.36. The first kappa shape index (κ1) is 26.1. The molecule has 13 heteroatoms. The third-order valence-electron chi connectivity index (χ3n) is 6.80. The Morgan fingerprint density at radius 2 is 2.03 bits per heavy atom. The molecule has 1 amide bonds. The molecule has 5 rings (SSSR count). The Morgan fingerprint density at radius 1 is 1.18 bits per heavy atom. The lowest BCUT2D eigenvalue weighted by atomic mass is 10.00. The average Bonchev–Trinajstić information content (AvgIpc) is 3.59. The van der Waals surface area contributed by atoms with Gasteiger partial charge < -0.3 is 21.1 Å². The molecular weight excluding hydrogens is 498 g/mol. The summed E-state index contributed by atoms with van der Waals surface area (Å²) in [5.41, 5.74) is 8.06. The largest absolute Gasteiger partial charge is 0.494 e. The highest BCUT2D eigenvalue weighted by Gasteiger charge is 2.23. The molecule has 0 bridgehead atoms. The summed E-state index contributed by atoms with van der Waals surface area (Å²) in [5.74, 6) is 1.19. The molecule has 1 saturated heterocycles. The Balaban J connectivity index is 1.18. The van der Waals surface area contributed by atoms with Crippen LogP contribution in [0.4, 0.5) is 17.3 Å². The zero-order valence-electron chi connectivity index (χ0n) is 22.1. The molecule has 4 aromatic rings. The number of aryl methyl sites for hydroxylation is 2. The number of nitrogens with one attached hydrogen (secondary N) is 2. The predicted octanol–water partition coefficient (Wildman–Crippen LogP) is 2.63. The zero-order valence-corrected chi connectivity index (χ0v) is 22.1. The third kappa shape index (κ3) is 6.32. The van der Waals surface area contributed by atoms with Crippen molar-refractivity contribution in [2.75, 3.05) is 31.0 Å². The minimum absolute atomic E-state index is 0.263. The predicted molar refractivity (Wildman–Crippen MR) is 147 cm³/mol. The van der Waals surface area contributed by atoms with E-state index in [4.69, 9.17) is 10.5 Å². The molecule has 1 aromatic carbocycles. The van der Waals surface area contributed by atoms with E-state index >= 15 is 0 Å². The normalized spacial score (nSPS) is 15.7. The molecule has 4 heterocycles. The Morgan fingerprint density at radius 3 is 2.77 bits per heavy atom. The Kier molecular flexibility index (Phi) is 7.96. The van der Waals surface area contributed by atoms with Gasteiger partial charge >= 0.3 is 0 Å². The maximum atomic E-state index is 11.2. The van der Waals surface area contributed by atoms with E-state index in [1.165, 1.54) is 25.2 Å². The van der Waals surface area contributed by atoms with Gasteiger partial charge in [0.2, 0.25) is 5.95 Å². The van der Waals surface area contributed by atoms with E-state index in [1.807, 2.05) is 36.1 Å². The molecular formula is C26H33N11O2. The number of hydrogen-bond acceptors (Lipinski definition) is 10. The van der Waals surface area contributed by atoms with Crippen LogP contribution in [-0.4, -0.2) is 71.7 Å². The lowest BCUT2D eigenvalue weighted by Gasteiger charge is -2.36. The van der Waals surface area contributed by atoms with Gasteiger partial charge in [0.25, 0.3) is 5.91 Å². The molecule has 1 aliphatic heterocycles. The maximum Gasteiger partial charge on any atom is 0.251 e. The van der Waals surface area contributed by atoms with Gasteiger partial charge in [0, 0.05) is 44.8 Å². The maximum absolute atomic E-state index is 11.2. The molecule has 0 aliphatic carbocycles. The molecule has 1 atom stereocenters. The molecule has 1 unspecified atom stereocenters. The summed E-state index contributed by atoms with van der Waals surface area (Å²) in [7, 11) is 3.52. The highest BCUT2D eigenvalue weighted by molar-refractivity contribution is 5.92. The first-order chi connectivity index (χ1) is 19.0. The zero-order chi connectivity index (χ0) is 27.2. The molecule has 13 nitrogen and oxygen atoms in total. The van der Waals surface area contributed by atoms with Gasteiger partial charge in [0.15, 0.2) is 11.6 Å². The van der Waals surface area contributed by atoms with E-state index in [9.17, 15) is 4.79 Å². The number of rotatable bonds is 11. The fraction of sp³-hybridized carbons (Fsp3) is 0.385. The van der Waals surface area contributed by atoms with E-state index in [2.05, 4.69) is 40.7 Å². The van der Waals surface area contributed by atoms with Gasteiger partial charge in [0.1, 0.15) is 6.33 Å². The second kappa shape index (κ2) is 11.9. The lowest BCUT2D eigenvalue weighted by Crippen LogP contribution is -2.43. The first-order valence-electron chi connectivity index (χ1n) is 12.9. The van der Waals surface area contributed by atoms with Crippen molar-refractivity contribution < 1.29 is 9.53 Å². The number of hydrogen-bond donors (Lipinski definition) is 3. The van der Waals surface area contributed by atoms with Crippen molar-refractivity contribution in [1.82, 2.24) is 39.4 Å². The highest BCUT2D eigenvalue weighted by Crippen LogP contribution is 2.35. The number of amides is 1. The number of benzene rings is 1. The Bertz CT molecular complexity index is 1400. The number of piperidine rings is 1. The lowest BCUT2D eigenvalue weighted by molar-refractivity contribution is 0.0999. The van der Waals surface area contributed by atoms with Gasteiger partial charge in [-0.25, -0.2) is 15.0 Å². The van der Waals surface area contributed by atoms with E-state index in [-0.39, 0.29) is 5.56 Å². The van der Waals surface area contributed by atoms with Crippen molar-refractivity contribution in [2.45, 2.75) is 38.3 Å². The van der Waals surface area contributed by atoms with E-state index in [0.717, 1.165) is 48.6 Å². The van der Waals surface area contributed by atoms with Gasteiger partial charge in [-0.1, -0.05) is 12.5 Å².